The molecule has 1 aromatic heterocycles. The standard InChI is InChI=1S/C14H26N4O2S/c1-4-15-8-9-17-11-14(10-16-17)21(19,20)18-12(2)6-5-7-13(18)3/h10-13,15H,4-9H2,1-3H3. The monoisotopic (exact) mass is 314 g/mol. The first-order valence-electron chi connectivity index (χ1n) is 7.73. The van der Waals surface area contributed by atoms with Crippen molar-refractivity contribution in [3.8, 4) is 0 Å². The lowest BCUT2D eigenvalue weighted by Crippen LogP contribution is -2.47. The summed E-state index contributed by atoms with van der Waals surface area (Å²) in [4.78, 5) is 0.305. The minimum absolute atomic E-state index is 0.0591. The summed E-state index contributed by atoms with van der Waals surface area (Å²) in [6.07, 6.45) is 6.06. The summed E-state index contributed by atoms with van der Waals surface area (Å²) in [6.45, 7) is 8.38. The molecule has 2 rings (SSSR count). The van der Waals surface area contributed by atoms with Crippen molar-refractivity contribution in [2.75, 3.05) is 13.1 Å². The third-order valence-corrected chi connectivity index (χ3v) is 6.15. The van der Waals surface area contributed by atoms with Crippen molar-refractivity contribution in [2.45, 2.75) is 63.6 Å². The van der Waals surface area contributed by atoms with Gasteiger partial charge in [0, 0.05) is 24.8 Å². The average Bonchev–Trinajstić information content (AvgIpc) is 2.88. The number of aromatic nitrogens is 2. The summed E-state index contributed by atoms with van der Waals surface area (Å²) < 4.78 is 29.0. The molecule has 1 aliphatic heterocycles. The van der Waals surface area contributed by atoms with Crippen molar-refractivity contribution in [1.29, 1.82) is 0 Å². The second-order valence-corrected chi connectivity index (χ2v) is 7.60. The van der Waals surface area contributed by atoms with Crippen LogP contribution >= 0.6 is 0 Å². The van der Waals surface area contributed by atoms with Crippen LogP contribution in [-0.4, -0.2) is 47.7 Å². The van der Waals surface area contributed by atoms with Crippen LogP contribution in [0.4, 0.5) is 0 Å². The number of sulfonamides is 1. The van der Waals surface area contributed by atoms with Crippen molar-refractivity contribution in [3.05, 3.63) is 12.4 Å². The second kappa shape index (κ2) is 6.89. The van der Waals surface area contributed by atoms with Crippen molar-refractivity contribution >= 4 is 10.0 Å². The van der Waals surface area contributed by atoms with Crippen LogP contribution in [0.25, 0.3) is 0 Å². The summed E-state index contributed by atoms with van der Waals surface area (Å²) in [5, 5.41) is 7.37. The van der Waals surface area contributed by atoms with Gasteiger partial charge in [-0.1, -0.05) is 13.3 Å². The van der Waals surface area contributed by atoms with E-state index >= 15 is 0 Å². The number of piperidine rings is 1. The highest BCUT2D eigenvalue weighted by molar-refractivity contribution is 7.89. The molecule has 0 radical (unpaired) electrons. The molecule has 2 heterocycles. The van der Waals surface area contributed by atoms with Gasteiger partial charge in [-0.15, -0.1) is 0 Å². The molecule has 120 valence electrons. The van der Waals surface area contributed by atoms with E-state index in [0.717, 1.165) is 32.4 Å². The minimum Gasteiger partial charge on any atom is -0.315 e. The van der Waals surface area contributed by atoms with E-state index in [4.69, 9.17) is 0 Å². The molecule has 1 aromatic rings. The van der Waals surface area contributed by atoms with Crippen LogP contribution in [0, 0.1) is 0 Å². The molecule has 21 heavy (non-hydrogen) atoms. The highest BCUT2D eigenvalue weighted by Crippen LogP contribution is 2.29. The molecule has 0 aromatic carbocycles. The summed E-state index contributed by atoms with van der Waals surface area (Å²) in [5.74, 6) is 0. The topological polar surface area (TPSA) is 67.2 Å². The Bertz CT molecular complexity index is 545. The van der Waals surface area contributed by atoms with Crippen LogP contribution in [-0.2, 0) is 16.6 Å². The van der Waals surface area contributed by atoms with Gasteiger partial charge in [-0.05, 0) is 33.2 Å². The average molecular weight is 314 g/mol. The van der Waals surface area contributed by atoms with Crippen LogP contribution < -0.4 is 5.32 Å². The Morgan fingerprint density at radius 1 is 1.33 bits per heavy atom. The molecule has 1 saturated heterocycles. The lowest BCUT2D eigenvalue weighted by molar-refractivity contribution is 0.204. The first kappa shape index (κ1) is 16.5. The maximum absolute atomic E-state index is 12.8. The van der Waals surface area contributed by atoms with Crippen molar-refractivity contribution in [1.82, 2.24) is 19.4 Å². The van der Waals surface area contributed by atoms with Crippen LogP contribution in [0.5, 0.6) is 0 Å². The normalized spacial score (nSPS) is 24.3. The molecular formula is C14H26N4O2S. The van der Waals surface area contributed by atoms with Crippen molar-refractivity contribution in [3.63, 3.8) is 0 Å². The zero-order valence-electron chi connectivity index (χ0n) is 13.1. The highest BCUT2D eigenvalue weighted by atomic mass is 32.2. The molecule has 6 nitrogen and oxygen atoms in total. The Morgan fingerprint density at radius 3 is 2.62 bits per heavy atom. The van der Waals surface area contributed by atoms with Crippen LogP contribution in [0.1, 0.15) is 40.0 Å². The minimum atomic E-state index is -3.44. The van der Waals surface area contributed by atoms with Gasteiger partial charge in [-0.3, -0.25) is 4.68 Å². The van der Waals surface area contributed by atoms with E-state index in [0.29, 0.717) is 11.4 Å². The molecule has 2 atom stereocenters. The maximum atomic E-state index is 12.8. The Labute approximate surface area is 127 Å². The quantitative estimate of drug-likeness (QED) is 0.807. The van der Waals surface area contributed by atoms with Gasteiger partial charge >= 0.3 is 0 Å². The first-order chi connectivity index (χ1) is 9.96. The molecule has 0 spiro atoms. The number of nitrogens with zero attached hydrogens (tertiary/aromatic N) is 3. The fourth-order valence-corrected chi connectivity index (χ4v) is 4.80. The van der Waals surface area contributed by atoms with E-state index in [1.807, 2.05) is 20.8 Å². The molecule has 0 bridgehead atoms. The smallest absolute Gasteiger partial charge is 0.246 e. The van der Waals surface area contributed by atoms with Crippen LogP contribution in [0.15, 0.2) is 17.3 Å². The fraction of sp³-hybridized carbons (Fsp3) is 0.786. The van der Waals surface area contributed by atoms with Crippen molar-refractivity contribution in [2.24, 2.45) is 0 Å². The van der Waals surface area contributed by atoms with Crippen LogP contribution in [0.3, 0.4) is 0 Å². The Kier molecular flexibility index (Phi) is 5.40. The molecule has 0 saturated carbocycles. The molecule has 1 aliphatic rings. The molecule has 7 heteroatoms. The van der Waals surface area contributed by atoms with Crippen LogP contribution in [0.2, 0.25) is 0 Å². The summed E-state index contributed by atoms with van der Waals surface area (Å²) in [7, 11) is -3.44. The SMILES string of the molecule is CCNCCn1cc(S(=O)(=O)N2C(C)CCCC2C)cn1. The molecule has 0 aliphatic carbocycles. The van der Waals surface area contributed by atoms with E-state index in [1.54, 1.807) is 15.2 Å². The third-order valence-electron chi connectivity index (χ3n) is 4.07. The number of nitrogens with one attached hydrogen (secondary N) is 1. The van der Waals surface area contributed by atoms with Gasteiger partial charge in [0.2, 0.25) is 10.0 Å². The number of rotatable bonds is 6. The lowest BCUT2D eigenvalue weighted by atomic mass is 10.0. The van der Waals surface area contributed by atoms with Crippen molar-refractivity contribution < 1.29 is 8.42 Å². The largest absolute Gasteiger partial charge is 0.315 e. The predicted molar refractivity (Wildman–Crippen MR) is 82.6 cm³/mol. The summed E-state index contributed by atoms with van der Waals surface area (Å²) >= 11 is 0. The van der Waals surface area contributed by atoms with Gasteiger partial charge < -0.3 is 5.32 Å². The van der Waals surface area contributed by atoms with Gasteiger partial charge in [0.05, 0.1) is 12.7 Å². The number of hydrogen-bond acceptors (Lipinski definition) is 4. The Balaban J connectivity index is 2.15. The molecular weight excluding hydrogens is 288 g/mol. The molecule has 2 unspecified atom stereocenters. The van der Waals surface area contributed by atoms with E-state index in [2.05, 4.69) is 10.4 Å². The van der Waals surface area contributed by atoms with Gasteiger partial charge in [0.1, 0.15) is 4.90 Å². The zero-order valence-corrected chi connectivity index (χ0v) is 13.9. The summed E-state index contributed by atoms with van der Waals surface area (Å²) in [6, 6.07) is 0.118. The highest BCUT2D eigenvalue weighted by Gasteiger charge is 2.36. The second-order valence-electron chi connectivity index (χ2n) is 5.76. The first-order valence-corrected chi connectivity index (χ1v) is 9.17. The molecule has 0 amide bonds. The van der Waals surface area contributed by atoms with E-state index in [1.165, 1.54) is 6.20 Å². The molecule has 1 fully saturated rings. The van der Waals surface area contributed by atoms with Gasteiger partial charge in [0.25, 0.3) is 0 Å². The summed E-state index contributed by atoms with van der Waals surface area (Å²) in [5.41, 5.74) is 0. The fourth-order valence-electron chi connectivity index (χ4n) is 2.96. The maximum Gasteiger partial charge on any atom is 0.246 e. The predicted octanol–water partition coefficient (Wildman–Crippen LogP) is 1.44. The van der Waals surface area contributed by atoms with Gasteiger partial charge in [-0.25, -0.2) is 8.42 Å². The Morgan fingerprint density at radius 2 is 2.00 bits per heavy atom. The third kappa shape index (κ3) is 3.64. The zero-order chi connectivity index (χ0) is 15.5. The van der Waals surface area contributed by atoms with Gasteiger partial charge in [0.15, 0.2) is 0 Å². The van der Waals surface area contributed by atoms with E-state index in [-0.39, 0.29) is 12.1 Å². The molecule has 1 N–H and O–H groups in total. The number of likely N-dealkylation sites (N-methyl/N-ethyl adjacent to an activating group) is 1. The Hall–Kier alpha value is -0.920. The van der Waals surface area contributed by atoms with Gasteiger partial charge in [-0.2, -0.15) is 9.40 Å². The lowest BCUT2D eigenvalue weighted by Gasteiger charge is -2.37. The number of hydrogen-bond donors (Lipinski definition) is 1. The van der Waals surface area contributed by atoms with E-state index in [9.17, 15) is 8.42 Å². The van der Waals surface area contributed by atoms with E-state index < -0.39 is 10.0 Å².